The van der Waals surface area contributed by atoms with Gasteiger partial charge in [0.15, 0.2) is 0 Å². The first-order valence-corrected chi connectivity index (χ1v) is 7.94. The molecule has 0 fully saturated rings. The Morgan fingerprint density at radius 3 is 2.77 bits per heavy atom. The van der Waals surface area contributed by atoms with Gasteiger partial charge in [0.2, 0.25) is 11.8 Å². The molecule has 0 spiro atoms. The summed E-state index contributed by atoms with van der Waals surface area (Å²) in [7, 11) is 0. The number of carbonyl (C=O) groups is 1. The Labute approximate surface area is 149 Å². The minimum absolute atomic E-state index is 0.200. The summed E-state index contributed by atoms with van der Waals surface area (Å²) in [6.07, 6.45) is 1.28. The number of hydrogen-bond acceptors (Lipinski definition) is 6. The molecule has 132 valence electrons. The molecular weight excluding hydrogens is 334 g/mol. The quantitative estimate of drug-likeness (QED) is 0.774. The maximum absolute atomic E-state index is 12.5. The normalized spacial score (nSPS) is 11.3. The number of nitriles is 1. The first-order valence-electron chi connectivity index (χ1n) is 7.94. The van der Waals surface area contributed by atoms with Crippen molar-refractivity contribution in [3.63, 3.8) is 0 Å². The second-order valence-corrected chi connectivity index (χ2v) is 6.90. The van der Waals surface area contributed by atoms with Crippen LogP contribution in [-0.2, 0) is 16.8 Å². The predicted octanol–water partition coefficient (Wildman–Crippen LogP) is 2.19. The van der Waals surface area contributed by atoms with Crippen LogP contribution in [0.4, 0.5) is 5.88 Å². The number of fused-ring (bicyclic) bond motifs is 1. The number of carbonyl (C=O) groups excluding carboxylic acids is 1. The van der Waals surface area contributed by atoms with Gasteiger partial charge in [0.25, 0.3) is 5.56 Å². The van der Waals surface area contributed by atoms with Crippen LogP contribution in [-0.4, -0.2) is 20.6 Å². The van der Waals surface area contributed by atoms with Gasteiger partial charge < -0.3 is 4.52 Å². The molecule has 0 unspecified atom stereocenters. The molecule has 0 saturated carbocycles. The van der Waals surface area contributed by atoms with Crippen molar-refractivity contribution in [2.24, 2.45) is 0 Å². The molecule has 0 aliphatic heterocycles. The van der Waals surface area contributed by atoms with Gasteiger partial charge in [-0.2, -0.15) is 5.26 Å². The maximum Gasteiger partial charge on any atom is 0.261 e. The number of amides is 1. The third-order valence-electron chi connectivity index (χ3n) is 3.81. The van der Waals surface area contributed by atoms with E-state index in [9.17, 15) is 9.59 Å². The summed E-state index contributed by atoms with van der Waals surface area (Å²) in [5.41, 5.74) is 0.984. The van der Waals surface area contributed by atoms with Crippen LogP contribution in [0.2, 0.25) is 0 Å². The molecule has 0 aliphatic rings. The third kappa shape index (κ3) is 3.47. The smallest absolute Gasteiger partial charge is 0.261 e. The molecule has 0 radical (unpaired) electrons. The summed E-state index contributed by atoms with van der Waals surface area (Å²) in [5, 5.41) is 15.7. The first kappa shape index (κ1) is 17.4. The van der Waals surface area contributed by atoms with Gasteiger partial charge in [-0.1, -0.05) is 25.9 Å². The molecule has 1 N–H and O–H groups in total. The van der Waals surface area contributed by atoms with Crippen LogP contribution in [0.25, 0.3) is 10.9 Å². The molecule has 26 heavy (non-hydrogen) atoms. The van der Waals surface area contributed by atoms with E-state index in [1.54, 1.807) is 12.1 Å². The first-order chi connectivity index (χ1) is 12.3. The molecular formula is C18H17N5O3. The molecule has 0 atom stereocenters. The fourth-order valence-corrected chi connectivity index (χ4v) is 2.36. The second kappa shape index (κ2) is 6.44. The number of rotatable bonds is 3. The standard InChI is InChI=1S/C18H17N5O3/c1-18(2,3)14-7-16(26-22-14)21-15(24)9-23-10-20-13-6-11(8-19)4-5-12(13)17(23)25/h4-7,10H,9H2,1-3H3,(H,21,24). The van der Waals surface area contributed by atoms with E-state index in [0.29, 0.717) is 22.2 Å². The van der Waals surface area contributed by atoms with Crippen molar-refractivity contribution in [1.29, 1.82) is 5.26 Å². The zero-order chi connectivity index (χ0) is 18.9. The topological polar surface area (TPSA) is 114 Å². The fraction of sp³-hybridized carbons (Fsp3) is 0.278. The van der Waals surface area contributed by atoms with Crippen LogP contribution in [0.3, 0.4) is 0 Å². The molecule has 0 bridgehead atoms. The number of benzene rings is 1. The highest BCUT2D eigenvalue weighted by molar-refractivity contribution is 5.89. The number of anilines is 1. The van der Waals surface area contributed by atoms with Gasteiger partial charge in [-0.25, -0.2) is 4.98 Å². The summed E-state index contributed by atoms with van der Waals surface area (Å²) in [6, 6.07) is 8.25. The van der Waals surface area contributed by atoms with Crippen LogP contribution in [0, 0.1) is 11.3 Å². The molecule has 0 aliphatic carbocycles. The lowest BCUT2D eigenvalue weighted by Gasteiger charge is -2.12. The molecule has 8 nitrogen and oxygen atoms in total. The Balaban J connectivity index is 1.79. The minimum Gasteiger partial charge on any atom is -0.338 e. The lowest BCUT2D eigenvalue weighted by molar-refractivity contribution is -0.116. The van der Waals surface area contributed by atoms with Gasteiger partial charge in [-0.3, -0.25) is 19.5 Å². The Morgan fingerprint density at radius 2 is 2.12 bits per heavy atom. The molecule has 1 aromatic carbocycles. The second-order valence-electron chi connectivity index (χ2n) is 6.90. The molecule has 3 aromatic rings. The summed E-state index contributed by atoms with van der Waals surface area (Å²) >= 11 is 0. The highest BCUT2D eigenvalue weighted by atomic mass is 16.5. The van der Waals surface area contributed by atoms with Crippen molar-refractivity contribution in [2.75, 3.05) is 5.32 Å². The maximum atomic E-state index is 12.5. The van der Waals surface area contributed by atoms with Gasteiger partial charge >= 0.3 is 0 Å². The molecule has 2 aromatic heterocycles. The van der Waals surface area contributed by atoms with Crippen molar-refractivity contribution in [3.05, 3.63) is 52.2 Å². The van der Waals surface area contributed by atoms with Gasteiger partial charge in [0, 0.05) is 11.5 Å². The van der Waals surface area contributed by atoms with E-state index in [1.165, 1.54) is 23.0 Å². The van der Waals surface area contributed by atoms with Crippen molar-refractivity contribution in [1.82, 2.24) is 14.7 Å². The molecule has 1 amide bonds. The predicted molar refractivity (Wildman–Crippen MR) is 94.6 cm³/mol. The van der Waals surface area contributed by atoms with E-state index in [-0.39, 0.29) is 23.4 Å². The monoisotopic (exact) mass is 351 g/mol. The van der Waals surface area contributed by atoms with Crippen LogP contribution in [0.5, 0.6) is 0 Å². The Hall–Kier alpha value is -3.47. The zero-order valence-corrected chi connectivity index (χ0v) is 14.6. The van der Waals surface area contributed by atoms with Gasteiger partial charge in [0.1, 0.15) is 6.54 Å². The largest absolute Gasteiger partial charge is 0.338 e. The van der Waals surface area contributed by atoms with Crippen LogP contribution in [0.1, 0.15) is 32.0 Å². The number of aromatic nitrogens is 3. The van der Waals surface area contributed by atoms with Crippen molar-refractivity contribution < 1.29 is 9.32 Å². The number of nitrogens with zero attached hydrogens (tertiary/aromatic N) is 4. The van der Waals surface area contributed by atoms with Crippen LogP contribution >= 0.6 is 0 Å². The summed E-state index contributed by atoms with van der Waals surface area (Å²) in [5.74, 6) is -0.209. The van der Waals surface area contributed by atoms with Gasteiger partial charge in [-0.15, -0.1) is 0 Å². The van der Waals surface area contributed by atoms with Gasteiger partial charge in [0.05, 0.1) is 34.6 Å². The Kier molecular flexibility index (Phi) is 4.30. The third-order valence-corrected chi connectivity index (χ3v) is 3.81. The lowest BCUT2D eigenvalue weighted by atomic mass is 9.92. The van der Waals surface area contributed by atoms with E-state index in [2.05, 4.69) is 15.5 Å². The Bertz CT molecular complexity index is 1080. The number of hydrogen-bond donors (Lipinski definition) is 1. The molecule has 0 saturated heterocycles. The summed E-state index contributed by atoms with van der Waals surface area (Å²) in [6.45, 7) is 5.73. The molecule has 8 heteroatoms. The zero-order valence-electron chi connectivity index (χ0n) is 14.6. The highest BCUT2D eigenvalue weighted by Crippen LogP contribution is 2.23. The van der Waals surface area contributed by atoms with E-state index in [4.69, 9.17) is 9.78 Å². The molecule has 2 heterocycles. The van der Waals surface area contributed by atoms with E-state index in [1.807, 2.05) is 26.8 Å². The Morgan fingerprint density at radius 1 is 1.35 bits per heavy atom. The van der Waals surface area contributed by atoms with E-state index in [0.717, 1.165) is 0 Å². The summed E-state index contributed by atoms with van der Waals surface area (Å²) < 4.78 is 6.31. The van der Waals surface area contributed by atoms with Crippen molar-refractivity contribution >= 4 is 22.7 Å². The van der Waals surface area contributed by atoms with Gasteiger partial charge in [-0.05, 0) is 18.2 Å². The fourth-order valence-electron chi connectivity index (χ4n) is 2.36. The number of nitrogens with one attached hydrogen (secondary N) is 1. The van der Waals surface area contributed by atoms with Crippen molar-refractivity contribution in [3.8, 4) is 6.07 Å². The van der Waals surface area contributed by atoms with Crippen LogP contribution in [0.15, 0.2) is 39.9 Å². The minimum atomic E-state index is -0.432. The SMILES string of the molecule is CC(C)(C)c1cc(NC(=O)Cn2cnc3cc(C#N)ccc3c2=O)on1. The average molecular weight is 351 g/mol. The highest BCUT2D eigenvalue weighted by Gasteiger charge is 2.20. The van der Waals surface area contributed by atoms with E-state index < -0.39 is 5.91 Å². The van der Waals surface area contributed by atoms with Crippen LogP contribution < -0.4 is 10.9 Å². The van der Waals surface area contributed by atoms with E-state index >= 15 is 0 Å². The molecule has 3 rings (SSSR count). The lowest BCUT2D eigenvalue weighted by Crippen LogP contribution is -2.27. The van der Waals surface area contributed by atoms with Crippen molar-refractivity contribution in [2.45, 2.75) is 32.7 Å². The summed E-state index contributed by atoms with van der Waals surface area (Å²) in [4.78, 5) is 28.8. The average Bonchev–Trinajstić information content (AvgIpc) is 3.06.